The van der Waals surface area contributed by atoms with Gasteiger partial charge in [0.05, 0.1) is 11.9 Å². The lowest BCUT2D eigenvalue weighted by Gasteiger charge is -2.09. The highest BCUT2D eigenvalue weighted by Gasteiger charge is 2.02. The number of anilines is 1. The maximum atomic E-state index is 9.82. The molecule has 2 aromatic heterocycles. The molecule has 5 nitrogen and oxygen atoms in total. The first-order chi connectivity index (χ1) is 10.2. The molecule has 3 rings (SSSR count). The van der Waals surface area contributed by atoms with E-state index in [2.05, 4.69) is 15.3 Å². The summed E-state index contributed by atoms with van der Waals surface area (Å²) >= 11 is 0. The molecular weight excluding hydrogens is 264 g/mol. The zero-order chi connectivity index (χ0) is 14.7. The van der Waals surface area contributed by atoms with Gasteiger partial charge in [0, 0.05) is 24.5 Å². The average Bonchev–Trinajstić information content (AvgIpc) is 3.03. The van der Waals surface area contributed by atoms with Gasteiger partial charge in [-0.3, -0.25) is 4.57 Å². The number of rotatable bonds is 4. The molecule has 0 bridgehead atoms. The van der Waals surface area contributed by atoms with Gasteiger partial charge >= 0.3 is 0 Å². The molecule has 0 aliphatic carbocycles. The SMILES string of the molecule is Cc1ccc(O)c(CNc2ccc(-n3ccnc3)nc2)c1. The molecule has 1 aromatic carbocycles. The monoisotopic (exact) mass is 280 g/mol. The molecule has 106 valence electrons. The number of nitrogens with zero attached hydrogens (tertiary/aromatic N) is 3. The van der Waals surface area contributed by atoms with Crippen molar-refractivity contribution in [2.75, 3.05) is 5.32 Å². The van der Waals surface area contributed by atoms with Crippen LogP contribution in [0.3, 0.4) is 0 Å². The zero-order valence-corrected chi connectivity index (χ0v) is 11.7. The van der Waals surface area contributed by atoms with Gasteiger partial charge in [-0.15, -0.1) is 0 Å². The molecule has 0 radical (unpaired) electrons. The smallest absolute Gasteiger partial charge is 0.137 e. The fourth-order valence-electron chi connectivity index (χ4n) is 2.09. The van der Waals surface area contributed by atoms with Gasteiger partial charge in [-0.25, -0.2) is 9.97 Å². The number of aryl methyl sites for hydroxylation is 1. The number of aromatic nitrogens is 3. The zero-order valence-electron chi connectivity index (χ0n) is 11.7. The third-order valence-corrected chi connectivity index (χ3v) is 3.23. The number of hydrogen-bond acceptors (Lipinski definition) is 4. The van der Waals surface area contributed by atoms with Crippen LogP contribution in [0.25, 0.3) is 5.82 Å². The highest BCUT2D eigenvalue weighted by Crippen LogP contribution is 2.19. The van der Waals surface area contributed by atoms with E-state index in [1.165, 1.54) is 0 Å². The van der Waals surface area contributed by atoms with E-state index in [1.807, 2.05) is 42.0 Å². The maximum absolute atomic E-state index is 9.82. The van der Waals surface area contributed by atoms with Crippen molar-refractivity contribution in [1.82, 2.24) is 14.5 Å². The molecule has 2 heterocycles. The van der Waals surface area contributed by atoms with Gasteiger partial charge in [0.2, 0.25) is 0 Å². The van der Waals surface area contributed by atoms with E-state index in [9.17, 15) is 5.11 Å². The molecule has 21 heavy (non-hydrogen) atoms. The Morgan fingerprint density at radius 3 is 2.86 bits per heavy atom. The molecule has 0 aliphatic heterocycles. The number of nitrogens with one attached hydrogen (secondary N) is 1. The van der Waals surface area contributed by atoms with Crippen LogP contribution in [0.1, 0.15) is 11.1 Å². The van der Waals surface area contributed by atoms with Crippen molar-refractivity contribution in [2.24, 2.45) is 0 Å². The predicted molar refractivity (Wildman–Crippen MR) is 81.5 cm³/mol. The summed E-state index contributed by atoms with van der Waals surface area (Å²) in [5.74, 6) is 1.12. The summed E-state index contributed by atoms with van der Waals surface area (Å²) in [5.41, 5.74) is 2.90. The minimum Gasteiger partial charge on any atom is -0.508 e. The predicted octanol–water partition coefficient (Wildman–Crippen LogP) is 2.89. The second-order valence-corrected chi connectivity index (χ2v) is 4.86. The Morgan fingerprint density at radius 2 is 2.14 bits per heavy atom. The summed E-state index contributed by atoms with van der Waals surface area (Å²) in [6, 6.07) is 9.44. The van der Waals surface area contributed by atoms with Gasteiger partial charge in [-0.05, 0) is 25.1 Å². The first kappa shape index (κ1) is 13.2. The minimum absolute atomic E-state index is 0.302. The average molecular weight is 280 g/mol. The van der Waals surface area contributed by atoms with Crippen molar-refractivity contribution in [3.8, 4) is 11.6 Å². The molecular formula is C16H16N4O. The van der Waals surface area contributed by atoms with Crippen molar-refractivity contribution in [3.63, 3.8) is 0 Å². The molecule has 0 fully saturated rings. The van der Waals surface area contributed by atoms with E-state index in [4.69, 9.17) is 0 Å². The van der Waals surface area contributed by atoms with Gasteiger partial charge in [0.1, 0.15) is 17.9 Å². The Morgan fingerprint density at radius 1 is 1.24 bits per heavy atom. The highest BCUT2D eigenvalue weighted by atomic mass is 16.3. The van der Waals surface area contributed by atoms with Gasteiger partial charge in [0.15, 0.2) is 0 Å². The lowest BCUT2D eigenvalue weighted by atomic mass is 10.1. The lowest BCUT2D eigenvalue weighted by molar-refractivity contribution is 0.469. The van der Waals surface area contributed by atoms with Crippen LogP contribution in [0.2, 0.25) is 0 Å². The van der Waals surface area contributed by atoms with E-state index >= 15 is 0 Å². The number of hydrogen-bond donors (Lipinski definition) is 2. The number of imidazole rings is 1. The van der Waals surface area contributed by atoms with Gasteiger partial charge in [0.25, 0.3) is 0 Å². The van der Waals surface area contributed by atoms with Gasteiger partial charge in [-0.2, -0.15) is 0 Å². The molecule has 0 saturated carbocycles. The van der Waals surface area contributed by atoms with E-state index in [0.29, 0.717) is 12.3 Å². The second kappa shape index (κ2) is 5.66. The molecule has 3 aromatic rings. The Hall–Kier alpha value is -2.82. The van der Waals surface area contributed by atoms with Crippen LogP contribution in [0, 0.1) is 6.92 Å². The summed E-state index contributed by atoms with van der Waals surface area (Å²) in [4.78, 5) is 8.37. The Balaban J connectivity index is 1.70. The van der Waals surface area contributed by atoms with Gasteiger partial charge in [-0.1, -0.05) is 17.7 Å². The van der Waals surface area contributed by atoms with Crippen LogP contribution in [0.4, 0.5) is 5.69 Å². The fourth-order valence-corrected chi connectivity index (χ4v) is 2.09. The molecule has 0 atom stereocenters. The number of pyridine rings is 1. The van der Waals surface area contributed by atoms with E-state index < -0.39 is 0 Å². The highest BCUT2D eigenvalue weighted by molar-refractivity contribution is 5.46. The topological polar surface area (TPSA) is 63.0 Å². The van der Waals surface area contributed by atoms with Crippen LogP contribution in [0.15, 0.2) is 55.2 Å². The first-order valence-corrected chi connectivity index (χ1v) is 6.69. The van der Waals surface area contributed by atoms with E-state index in [0.717, 1.165) is 22.6 Å². The molecule has 0 unspecified atom stereocenters. The molecule has 2 N–H and O–H groups in total. The van der Waals surface area contributed by atoms with Crippen molar-refractivity contribution in [3.05, 3.63) is 66.4 Å². The molecule has 0 amide bonds. The van der Waals surface area contributed by atoms with Crippen molar-refractivity contribution < 1.29 is 5.11 Å². The van der Waals surface area contributed by atoms with Crippen LogP contribution < -0.4 is 5.32 Å². The van der Waals surface area contributed by atoms with Crippen LogP contribution >= 0.6 is 0 Å². The Labute approximate surface area is 122 Å². The first-order valence-electron chi connectivity index (χ1n) is 6.69. The van der Waals surface area contributed by atoms with Crippen molar-refractivity contribution >= 4 is 5.69 Å². The molecule has 5 heteroatoms. The summed E-state index contributed by atoms with van der Waals surface area (Å²) in [6.45, 7) is 2.56. The standard InChI is InChI=1S/C16H16N4O/c1-12-2-4-15(21)13(8-12)9-18-14-3-5-16(19-10-14)20-7-6-17-11-20/h2-8,10-11,18,21H,9H2,1H3. The number of benzene rings is 1. The largest absolute Gasteiger partial charge is 0.508 e. The Kier molecular flexibility index (Phi) is 3.55. The van der Waals surface area contributed by atoms with Crippen molar-refractivity contribution in [2.45, 2.75) is 13.5 Å². The fraction of sp³-hybridized carbons (Fsp3) is 0.125. The third-order valence-electron chi connectivity index (χ3n) is 3.23. The molecule has 0 aliphatic rings. The van der Waals surface area contributed by atoms with Crippen LogP contribution in [-0.2, 0) is 6.54 Å². The van der Waals surface area contributed by atoms with Gasteiger partial charge < -0.3 is 10.4 Å². The van der Waals surface area contributed by atoms with Crippen LogP contribution in [-0.4, -0.2) is 19.6 Å². The number of phenolic OH excluding ortho intramolecular Hbond substituents is 1. The van der Waals surface area contributed by atoms with E-state index in [-0.39, 0.29) is 0 Å². The summed E-state index contributed by atoms with van der Waals surface area (Å²) in [7, 11) is 0. The van der Waals surface area contributed by atoms with Crippen LogP contribution in [0.5, 0.6) is 5.75 Å². The Bertz CT molecular complexity index is 721. The van der Waals surface area contributed by atoms with Crippen molar-refractivity contribution in [1.29, 1.82) is 0 Å². The molecule has 0 saturated heterocycles. The summed E-state index contributed by atoms with van der Waals surface area (Å²) in [6.07, 6.45) is 7.04. The summed E-state index contributed by atoms with van der Waals surface area (Å²) in [5, 5.41) is 13.1. The molecule has 0 spiro atoms. The summed E-state index contributed by atoms with van der Waals surface area (Å²) < 4.78 is 1.84. The quantitative estimate of drug-likeness (QED) is 0.771. The number of aromatic hydroxyl groups is 1. The lowest BCUT2D eigenvalue weighted by Crippen LogP contribution is -2.01. The second-order valence-electron chi connectivity index (χ2n) is 4.86. The maximum Gasteiger partial charge on any atom is 0.137 e. The minimum atomic E-state index is 0.302. The normalized spacial score (nSPS) is 10.5. The van der Waals surface area contributed by atoms with E-state index in [1.54, 1.807) is 24.8 Å². The number of phenols is 1. The third kappa shape index (κ3) is 3.02.